The lowest BCUT2D eigenvalue weighted by molar-refractivity contribution is 0.178. The highest BCUT2D eigenvalue weighted by Gasteiger charge is 2.14. The van der Waals surface area contributed by atoms with Gasteiger partial charge < -0.3 is 5.11 Å². The van der Waals surface area contributed by atoms with Crippen LogP contribution in [-0.4, -0.2) is 5.11 Å². The van der Waals surface area contributed by atoms with Crippen molar-refractivity contribution in [2.75, 3.05) is 0 Å². The van der Waals surface area contributed by atoms with Crippen molar-refractivity contribution in [1.29, 1.82) is 0 Å². The first-order valence-electron chi connectivity index (χ1n) is 6.76. The Morgan fingerprint density at radius 1 is 1.00 bits per heavy atom. The van der Waals surface area contributed by atoms with Gasteiger partial charge in [-0.1, -0.05) is 41.9 Å². The van der Waals surface area contributed by atoms with Crippen molar-refractivity contribution in [1.82, 2.24) is 0 Å². The van der Waals surface area contributed by atoms with Gasteiger partial charge >= 0.3 is 0 Å². The zero-order valence-corrected chi connectivity index (χ0v) is 11.5. The molecule has 0 saturated heterocycles. The van der Waals surface area contributed by atoms with E-state index in [1.165, 1.54) is 24.0 Å². The third-order valence-electron chi connectivity index (χ3n) is 3.85. The van der Waals surface area contributed by atoms with Crippen LogP contribution in [0.5, 0.6) is 0 Å². The van der Waals surface area contributed by atoms with Crippen molar-refractivity contribution >= 4 is 11.6 Å². The number of hydrogen-bond donors (Lipinski definition) is 1. The summed E-state index contributed by atoms with van der Waals surface area (Å²) in [6.07, 6.45) is 3.77. The molecule has 1 aliphatic rings. The van der Waals surface area contributed by atoms with Gasteiger partial charge in [-0.25, -0.2) is 0 Å². The minimum Gasteiger partial charge on any atom is -0.388 e. The summed E-state index contributed by atoms with van der Waals surface area (Å²) in [6, 6.07) is 14.1. The summed E-state index contributed by atoms with van der Waals surface area (Å²) >= 11 is 5.87. The standard InChI is InChI=1S/C17H17ClO/c18-16-8-4-12(5-9-16)10-17(19)15-7-6-13-2-1-3-14(13)11-15/h4-9,11,17,19H,1-3,10H2. The van der Waals surface area contributed by atoms with Gasteiger partial charge in [0.1, 0.15) is 0 Å². The SMILES string of the molecule is OC(Cc1ccc(Cl)cc1)c1ccc2c(c1)CCC2. The normalized spacial score (nSPS) is 15.3. The van der Waals surface area contributed by atoms with Crippen molar-refractivity contribution < 1.29 is 5.11 Å². The summed E-state index contributed by atoms with van der Waals surface area (Å²) in [5.74, 6) is 0. The van der Waals surface area contributed by atoms with Crippen LogP contribution in [0, 0.1) is 0 Å². The van der Waals surface area contributed by atoms with Gasteiger partial charge in [0.25, 0.3) is 0 Å². The molecule has 1 unspecified atom stereocenters. The molecule has 0 aliphatic heterocycles. The van der Waals surface area contributed by atoms with Crippen LogP contribution in [0.15, 0.2) is 42.5 Å². The van der Waals surface area contributed by atoms with Crippen LogP contribution in [-0.2, 0) is 19.3 Å². The van der Waals surface area contributed by atoms with Gasteiger partial charge in [-0.15, -0.1) is 0 Å². The van der Waals surface area contributed by atoms with Crippen molar-refractivity contribution in [2.45, 2.75) is 31.8 Å². The average molecular weight is 273 g/mol. The second-order valence-corrected chi connectivity index (χ2v) is 5.66. The molecule has 0 fully saturated rings. The molecule has 0 amide bonds. The van der Waals surface area contributed by atoms with E-state index >= 15 is 0 Å². The van der Waals surface area contributed by atoms with Gasteiger partial charge in [0.2, 0.25) is 0 Å². The fourth-order valence-electron chi connectivity index (χ4n) is 2.76. The molecule has 1 atom stereocenters. The van der Waals surface area contributed by atoms with Gasteiger partial charge in [-0.3, -0.25) is 0 Å². The maximum absolute atomic E-state index is 10.3. The Morgan fingerprint density at radius 3 is 2.53 bits per heavy atom. The molecule has 1 N–H and O–H groups in total. The Hall–Kier alpha value is -1.31. The lowest BCUT2D eigenvalue weighted by Gasteiger charge is -2.13. The Morgan fingerprint density at radius 2 is 1.74 bits per heavy atom. The summed E-state index contributed by atoms with van der Waals surface area (Å²) < 4.78 is 0. The first-order valence-corrected chi connectivity index (χ1v) is 7.14. The van der Waals surface area contributed by atoms with Gasteiger partial charge in [-0.05, 0) is 53.6 Å². The van der Waals surface area contributed by atoms with E-state index in [2.05, 4.69) is 18.2 Å². The average Bonchev–Trinajstić information content (AvgIpc) is 2.88. The second kappa shape index (κ2) is 5.36. The van der Waals surface area contributed by atoms with Crippen molar-refractivity contribution in [3.8, 4) is 0 Å². The Kier molecular flexibility index (Phi) is 3.58. The molecule has 0 bridgehead atoms. The summed E-state index contributed by atoms with van der Waals surface area (Å²) in [6.45, 7) is 0. The smallest absolute Gasteiger partial charge is 0.0830 e. The quantitative estimate of drug-likeness (QED) is 0.892. The van der Waals surface area contributed by atoms with E-state index in [4.69, 9.17) is 11.6 Å². The molecule has 2 aromatic carbocycles. The molecule has 0 heterocycles. The third kappa shape index (κ3) is 2.83. The third-order valence-corrected chi connectivity index (χ3v) is 4.10. The molecule has 0 saturated carbocycles. The molecule has 2 heteroatoms. The fourth-order valence-corrected chi connectivity index (χ4v) is 2.89. The summed E-state index contributed by atoms with van der Waals surface area (Å²) in [5, 5.41) is 11.1. The van der Waals surface area contributed by atoms with Crippen LogP contribution < -0.4 is 0 Å². The Balaban J connectivity index is 1.76. The van der Waals surface area contributed by atoms with E-state index in [1.807, 2.05) is 24.3 Å². The molecule has 1 aliphatic carbocycles. The minimum absolute atomic E-state index is 0.438. The first kappa shape index (κ1) is 12.7. The second-order valence-electron chi connectivity index (χ2n) is 5.23. The van der Waals surface area contributed by atoms with Crippen LogP contribution in [0.2, 0.25) is 5.02 Å². The van der Waals surface area contributed by atoms with Crippen LogP contribution >= 0.6 is 11.6 Å². The molecule has 2 aromatic rings. The number of benzene rings is 2. The highest BCUT2D eigenvalue weighted by Crippen LogP contribution is 2.27. The number of hydrogen-bond acceptors (Lipinski definition) is 1. The van der Waals surface area contributed by atoms with Crippen LogP contribution in [0.1, 0.15) is 34.8 Å². The molecule has 19 heavy (non-hydrogen) atoms. The van der Waals surface area contributed by atoms with E-state index in [0.29, 0.717) is 6.42 Å². The number of aryl methyl sites for hydroxylation is 2. The molecule has 0 aromatic heterocycles. The number of aliphatic hydroxyl groups is 1. The van der Waals surface area contributed by atoms with E-state index in [0.717, 1.165) is 22.6 Å². The van der Waals surface area contributed by atoms with Gasteiger partial charge in [0, 0.05) is 11.4 Å². The topological polar surface area (TPSA) is 20.2 Å². The maximum Gasteiger partial charge on any atom is 0.0830 e. The molecule has 3 rings (SSSR count). The monoisotopic (exact) mass is 272 g/mol. The van der Waals surface area contributed by atoms with E-state index in [-0.39, 0.29) is 0 Å². The van der Waals surface area contributed by atoms with E-state index in [9.17, 15) is 5.11 Å². The number of halogens is 1. The van der Waals surface area contributed by atoms with Crippen molar-refractivity contribution in [3.63, 3.8) is 0 Å². The largest absolute Gasteiger partial charge is 0.388 e. The fraction of sp³-hybridized carbons (Fsp3) is 0.294. The van der Waals surface area contributed by atoms with E-state index < -0.39 is 6.10 Å². The summed E-state index contributed by atoms with van der Waals surface area (Å²) in [4.78, 5) is 0. The zero-order chi connectivity index (χ0) is 13.2. The molecule has 1 nitrogen and oxygen atoms in total. The predicted molar refractivity (Wildman–Crippen MR) is 78.6 cm³/mol. The van der Waals surface area contributed by atoms with Crippen LogP contribution in [0.25, 0.3) is 0 Å². The van der Waals surface area contributed by atoms with Crippen molar-refractivity contribution in [3.05, 3.63) is 69.7 Å². The zero-order valence-electron chi connectivity index (χ0n) is 10.8. The Labute approximate surface area is 118 Å². The number of rotatable bonds is 3. The Bertz CT molecular complexity index is 574. The predicted octanol–water partition coefficient (Wildman–Crippen LogP) is 4.10. The number of fused-ring (bicyclic) bond motifs is 1. The highest BCUT2D eigenvalue weighted by molar-refractivity contribution is 6.30. The number of aliphatic hydroxyl groups excluding tert-OH is 1. The molecular weight excluding hydrogens is 256 g/mol. The molecular formula is C17H17ClO. The molecule has 98 valence electrons. The highest BCUT2D eigenvalue weighted by atomic mass is 35.5. The van der Waals surface area contributed by atoms with Crippen LogP contribution in [0.4, 0.5) is 0 Å². The molecule has 0 radical (unpaired) electrons. The first-order chi connectivity index (χ1) is 9.22. The lowest BCUT2D eigenvalue weighted by atomic mass is 9.98. The minimum atomic E-state index is -0.438. The summed E-state index contributed by atoms with van der Waals surface area (Å²) in [5.41, 5.74) is 4.99. The van der Waals surface area contributed by atoms with Crippen LogP contribution in [0.3, 0.4) is 0 Å². The molecule has 0 spiro atoms. The van der Waals surface area contributed by atoms with Crippen molar-refractivity contribution in [2.24, 2.45) is 0 Å². The lowest BCUT2D eigenvalue weighted by Crippen LogP contribution is -2.02. The summed E-state index contributed by atoms with van der Waals surface area (Å²) in [7, 11) is 0. The van der Waals surface area contributed by atoms with Gasteiger partial charge in [0.05, 0.1) is 6.10 Å². The van der Waals surface area contributed by atoms with Gasteiger partial charge in [0.15, 0.2) is 0 Å². The van der Waals surface area contributed by atoms with E-state index in [1.54, 1.807) is 0 Å². The van der Waals surface area contributed by atoms with Gasteiger partial charge in [-0.2, -0.15) is 0 Å². The maximum atomic E-state index is 10.3.